The fourth-order valence-electron chi connectivity index (χ4n) is 2.00. The van der Waals surface area contributed by atoms with Gasteiger partial charge in [0, 0.05) is 19.8 Å². The molecule has 0 aliphatic rings. The second-order valence-electron chi connectivity index (χ2n) is 3.79. The molecule has 2 heterocycles. The van der Waals surface area contributed by atoms with Gasteiger partial charge in [0.25, 0.3) is 5.91 Å². The molecule has 0 aliphatic heterocycles. The van der Waals surface area contributed by atoms with E-state index in [-0.39, 0.29) is 16.2 Å². The number of hydrogen-bond donors (Lipinski definition) is 2. The van der Waals surface area contributed by atoms with Crippen LogP contribution in [-0.4, -0.2) is 27.5 Å². The van der Waals surface area contributed by atoms with Crippen molar-refractivity contribution < 1.29 is 4.79 Å². The van der Waals surface area contributed by atoms with E-state index in [1.807, 2.05) is 6.92 Å². The van der Waals surface area contributed by atoms with Crippen LogP contribution in [0, 0.1) is 0 Å². The third-order valence-electron chi connectivity index (χ3n) is 2.77. The summed E-state index contributed by atoms with van der Waals surface area (Å²) in [5.74, 6) is -0.476. The van der Waals surface area contributed by atoms with Gasteiger partial charge in [0.15, 0.2) is 0 Å². The van der Waals surface area contributed by atoms with Crippen LogP contribution in [0.25, 0.3) is 11.0 Å². The van der Waals surface area contributed by atoms with Crippen molar-refractivity contribution in [3.05, 3.63) is 27.3 Å². The van der Waals surface area contributed by atoms with Gasteiger partial charge in [-0.3, -0.25) is 9.59 Å². The van der Waals surface area contributed by atoms with Crippen LogP contribution >= 0.6 is 11.6 Å². The van der Waals surface area contributed by atoms with Gasteiger partial charge < -0.3 is 15.6 Å². The van der Waals surface area contributed by atoms with Crippen LogP contribution < -0.4 is 16.5 Å². The Morgan fingerprint density at radius 1 is 1.58 bits per heavy atom. The fraction of sp³-hybridized carbons (Fsp3) is 0.273. The van der Waals surface area contributed by atoms with Crippen LogP contribution in [0.5, 0.6) is 0 Å². The number of hydrogen-bond acceptors (Lipinski definition) is 5. The molecule has 0 radical (unpaired) electrons. The Bertz CT molecular complexity index is 725. The number of aromatic nitrogens is 3. The highest BCUT2D eigenvalue weighted by Gasteiger charge is 2.20. The summed E-state index contributed by atoms with van der Waals surface area (Å²) >= 11 is 5.75. The molecule has 0 saturated heterocycles. The van der Waals surface area contributed by atoms with E-state index in [2.05, 4.69) is 15.3 Å². The summed E-state index contributed by atoms with van der Waals surface area (Å²) in [5.41, 5.74) is 5.02. The molecule has 1 amide bonds. The summed E-state index contributed by atoms with van der Waals surface area (Å²) in [6.07, 6.45) is 1.30. The van der Waals surface area contributed by atoms with Crippen LogP contribution in [0.1, 0.15) is 17.3 Å². The number of amides is 1. The Hall–Kier alpha value is -2.15. The van der Waals surface area contributed by atoms with Crippen LogP contribution in [0.3, 0.4) is 0 Å². The van der Waals surface area contributed by atoms with Gasteiger partial charge in [-0.2, -0.15) is 4.98 Å². The van der Waals surface area contributed by atoms with Crippen molar-refractivity contribution >= 4 is 34.4 Å². The Kier molecular flexibility index (Phi) is 3.39. The number of carbonyl (C=O) groups is 1. The maximum absolute atomic E-state index is 12.3. The van der Waals surface area contributed by atoms with E-state index in [0.717, 1.165) is 0 Å². The summed E-state index contributed by atoms with van der Waals surface area (Å²) in [6, 6.07) is 0. The summed E-state index contributed by atoms with van der Waals surface area (Å²) in [5, 5.41) is 3.05. The molecule has 0 aromatic carbocycles. The summed E-state index contributed by atoms with van der Waals surface area (Å²) in [6.45, 7) is 2.34. The lowest BCUT2D eigenvalue weighted by Crippen LogP contribution is -2.27. The van der Waals surface area contributed by atoms with Crippen molar-refractivity contribution in [2.75, 3.05) is 12.4 Å². The Morgan fingerprint density at radius 2 is 2.26 bits per heavy atom. The van der Waals surface area contributed by atoms with Gasteiger partial charge in [0.05, 0.1) is 5.39 Å². The van der Waals surface area contributed by atoms with E-state index in [0.29, 0.717) is 18.0 Å². The molecule has 0 bridgehead atoms. The molecule has 19 heavy (non-hydrogen) atoms. The van der Waals surface area contributed by atoms with Crippen molar-refractivity contribution in [3.63, 3.8) is 0 Å². The summed E-state index contributed by atoms with van der Waals surface area (Å²) in [4.78, 5) is 31.5. The molecule has 2 rings (SSSR count). The zero-order chi connectivity index (χ0) is 14.2. The van der Waals surface area contributed by atoms with E-state index in [1.165, 1.54) is 6.20 Å². The Morgan fingerprint density at radius 3 is 2.79 bits per heavy atom. The molecular weight excluding hydrogens is 270 g/mol. The van der Waals surface area contributed by atoms with Gasteiger partial charge in [-0.05, 0) is 18.5 Å². The highest BCUT2D eigenvalue weighted by Crippen LogP contribution is 2.19. The molecule has 7 nitrogen and oxygen atoms in total. The van der Waals surface area contributed by atoms with Crippen LogP contribution in [0.15, 0.2) is 11.0 Å². The third-order valence-corrected chi connectivity index (χ3v) is 2.95. The number of nitrogens with zero attached hydrogens (tertiary/aromatic N) is 3. The fourth-order valence-corrected chi connectivity index (χ4v) is 2.13. The number of nitrogens with two attached hydrogens (primary N) is 1. The standard InChI is InChI=1S/C11H12ClN5O2/c1-3-17-9-5(4-15-11(12)16-9)7(18)6(8(13)19)10(17)14-2/h4,14H,3H2,1-2H3,(H2,13,19). The predicted molar refractivity (Wildman–Crippen MR) is 72.5 cm³/mol. The van der Waals surface area contributed by atoms with Gasteiger partial charge >= 0.3 is 0 Å². The second kappa shape index (κ2) is 4.85. The molecule has 2 aromatic rings. The quantitative estimate of drug-likeness (QED) is 0.802. The molecule has 100 valence electrons. The molecule has 0 aliphatic carbocycles. The molecular formula is C11H12ClN5O2. The minimum Gasteiger partial charge on any atom is -0.374 e. The lowest BCUT2D eigenvalue weighted by molar-refractivity contribution is 0.0999. The lowest BCUT2D eigenvalue weighted by Gasteiger charge is -2.16. The molecule has 0 fully saturated rings. The van der Waals surface area contributed by atoms with Crippen molar-refractivity contribution in [2.24, 2.45) is 5.73 Å². The van der Waals surface area contributed by atoms with Crippen molar-refractivity contribution in [2.45, 2.75) is 13.5 Å². The number of primary amides is 1. The molecule has 0 atom stereocenters. The highest BCUT2D eigenvalue weighted by molar-refractivity contribution is 6.28. The smallest absolute Gasteiger partial charge is 0.256 e. The first-order chi connectivity index (χ1) is 9.01. The number of halogens is 1. The van der Waals surface area contributed by atoms with Gasteiger partial charge in [-0.15, -0.1) is 0 Å². The second-order valence-corrected chi connectivity index (χ2v) is 4.13. The van der Waals surface area contributed by atoms with E-state index < -0.39 is 11.3 Å². The molecule has 0 unspecified atom stereocenters. The van der Waals surface area contributed by atoms with Gasteiger partial charge in [-0.25, -0.2) is 4.98 Å². The van der Waals surface area contributed by atoms with Crippen LogP contribution in [0.4, 0.5) is 5.82 Å². The monoisotopic (exact) mass is 281 g/mol. The Labute approximate surface area is 113 Å². The van der Waals surface area contributed by atoms with Gasteiger partial charge in [0.2, 0.25) is 10.7 Å². The topological polar surface area (TPSA) is 103 Å². The normalized spacial score (nSPS) is 10.7. The maximum atomic E-state index is 12.3. The lowest BCUT2D eigenvalue weighted by atomic mass is 10.1. The average molecular weight is 282 g/mol. The number of nitrogens with one attached hydrogen (secondary N) is 1. The van der Waals surface area contributed by atoms with Crippen molar-refractivity contribution in [1.82, 2.24) is 14.5 Å². The van der Waals surface area contributed by atoms with Crippen molar-refractivity contribution in [3.8, 4) is 0 Å². The maximum Gasteiger partial charge on any atom is 0.256 e. The van der Waals surface area contributed by atoms with Crippen molar-refractivity contribution in [1.29, 1.82) is 0 Å². The zero-order valence-electron chi connectivity index (χ0n) is 10.4. The first kappa shape index (κ1) is 13.3. The molecule has 3 N–H and O–H groups in total. The number of carbonyl (C=O) groups excluding carboxylic acids is 1. The molecule has 2 aromatic heterocycles. The highest BCUT2D eigenvalue weighted by atomic mass is 35.5. The minimum absolute atomic E-state index is 0.0305. The van der Waals surface area contributed by atoms with Crippen LogP contribution in [0.2, 0.25) is 5.28 Å². The van der Waals surface area contributed by atoms with Gasteiger partial charge in [0.1, 0.15) is 17.0 Å². The van der Waals surface area contributed by atoms with E-state index in [9.17, 15) is 9.59 Å². The Balaban J connectivity index is 3.06. The van der Waals surface area contributed by atoms with Gasteiger partial charge in [-0.1, -0.05) is 0 Å². The van der Waals surface area contributed by atoms with Crippen LogP contribution in [-0.2, 0) is 6.54 Å². The first-order valence-corrected chi connectivity index (χ1v) is 5.95. The SMILES string of the molecule is CCn1c(NC)c(C(N)=O)c(=O)c2cnc(Cl)nc21. The number of rotatable bonds is 3. The van der Waals surface area contributed by atoms with E-state index in [4.69, 9.17) is 17.3 Å². The number of anilines is 1. The number of pyridine rings is 1. The molecule has 0 spiro atoms. The number of aryl methyl sites for hydroxylation is 1. The first-order valence-electron chi connectivity index (χ1n) is 5.57. The number of fused-ring (bicyclic) bond motifs is 1. The zero-order valence-corrected chi connectivity index (χ0v) is 11.2. The largest absolute Gasteiger partial charge is 0.374 e. The molecule has 0 saturated carbocycles. The van der Waals surface area contributed by atoms with E-state index in [1.54, 1.807) is 11.6 Å². The molecule has 8 heteroatoms. The average Bonchev–Trinajstić information content (AvgIpc) is 2.37. The van der Waals surface area contributed by atoms with E-state index >= 15 is 0 Å². The summed E-state index contributed by atoms with van der Waals surface area (Å²) in [7, 11) is 1.60. The predicted octanol–water partition coefficient (Wildman–Crippen LogP) is 0.605. The third kappa shape index (κ3) is 2.01. The minimum atomic E-state index is -0.798. The summed E-state index contributed by atoms with van der Waals surface area (Å²) < 4.78 is 1.66.